The van der Waals surface area contributed by atoms with Crippen LogP contribution in [0.25, 0.3) is 11.3 Å². The van der Waals surface area contributed by atoms with Crippen LogP contribution in [0.3, 0.4) is 0 Å². The number of aromatic nitrogens is 2. The Balaban J connectivity index is 1.20. The lowest BCUT2D eigenvalue weighted by molar-refractivity contribution is -0.150. The van der Waals surface area contributed by atoms with E-state index in [-0.39, 0.29) is 6.61 Å². The SMILES string of the molecule is O=C(O)C1COCCN1Cc1ccc(C#Cc2ccc(-c3cc(Cn4cccc4)no3)cc2)cc1. The second-order valence-corrected chi connectivity index (χ2v) is 8.46. The fraction of sp³-hybridized carbons (Fsp3) is 0.214. The third kappa shape index (κ3) is 5.69. The fourth-order valence-electron chi connectivity index (χ4n) is 4.03. The number of benzene rings is 2. The monoisotopic (exact) mass is 467 g/mol. The number of aliphatic carboxylic acids is 1. The minimum Gasteiger partial charge on any atom is -0.480 e. The molecule has 1 N–H and O–H groups in total. The number of carboxylic acid groups (broad SMARTS) is 1. The van der Waals surface area contributed by atoms with Crippen LogP contribution in [-0.2, 0) is 22.6 Å². The van der Waals surface area contributed by atoms with Gasteiger partial charge in [0.1, 0.15) is 11.7 Å². The molecule has 7 heteroatoms. The van der Waals surface area contributed by atoms with Crippen molar-refractivity contribution in [1.82, 2.24) is 14.6 Å². The molecule has 1 aliphatic heterocycles. The number of ether oxygens (including phenoxy) is 1. The Hall–Kier alpha value is -4.12. The number of carbonyl (C=O) groups is 1. The van der Waals surface area contributed by atoms with Crippen LogP contribution in [0.4, 0.5) is 0 Å². The van der Waals surface area contributed by atoms with E-state index in [1.54, 1.807) is 0 Å². The van der Waals surface area contributed by atoms with E-state index in [0.717, 1.165) is 33.7 Å². The van der Waals surface area contributed by atoms with Crippen molar-refractivity contribution in [3.63, 3.8) is 0 Å². The first-order valence-electron chi connectivity index (χ1n) is 11.5. The normalized spacial score (nSPS) is 15.9. The van der Waals surface area contributed by atoms with Crippen LogP contribution < -0.4 is 0 Å². The Kier molecular flexibility index (Phi) is 6.75. The summed E-state index contributed by atoms with van der Waals surface area (Å²) in [4.78, 5) is 13.4. The third-order valence-corrected chi connectivity index (χ3v) is 5.95. The van der Waals surface area contributed by atoms with Gasteiger partial charge in [-0.3, -0.25) is 9.69 Å². The van der Waals surface area contributed by atoms with Crippen molar-refractivity contribution in [1.29, 1.82) is 0 Å². The van der Waals surface area contributed by atoms with Gasteiger partial charge in [-0.05, 0) is 54.1 Å². The number of nitrogens with zero attached hydrogens (tertiary/aromatic N) is 3. The predicted molar refractivity (Wildman–Crippen MR) is 131 cm³/mol. The first-order valence-corrected chi connectivity index (χ1v) is 11.5. The molecule has 0 saturated carbocycles. The smallest absolute Gasteiger partial charge is 0.323 e. The van der Waals surface area contributed by atoms with E-state index < -0.39 is 12.0 Å². The molecule has 0 radical (unpaired) electrons. The number of carboxylic acids is 1. The van der Waals surface area contributed by atoms with Crippen molar-refractivity contribution in [3.05, 3.63) is 102 Å². The molecule has 2 aromatic carbocycles. The minimum atomic E-state index is -0.848. The van der Waals surface area contributed by atoms with Crippen LogP contribution in [0.15, 0.2) is 83.6 Å². The van der Waals surface area contributed by atoms with Gasteiger partial charge in [0.25, 0.3) is 0 Å². The van der Waals surface area contributed by atoms with Crippen molar-refractivity contribution in [2.24, 2.45) is 0 Å². The van der Waals surface area contributed by atoms with Crippen molar-refractivity contribution in [3.8, 4) is 23.2 Å². The molecule has 1 aliphatic rings. The fourth-order valence-corrected chi connectivity index (χ4v) is 4.03. The van der Waals surface area contributed by atoms with Crippen LogP contribution in [0.5, 0.6) is 0 Å². The highest BCUT2D eigenvalue weighted by molar-refractivity contribution is 5.73. The molecular formula is C28H25N3O4. The maximum absolute atomic E-state index is 11.4. The Morgan fingerprint density at radius 3 is 2.37 bits per heavy atom. The van der Waals surface area contributed by atoms with Gasteiger partial charge >= 0.3 is 5.97 Å². The topological polar surface area (TPSA) is 80.7 Å². The Morgan fingerprint density at radius 2 is 1.69 bits per heavy atom. The zero-order chi connectivity index (χ0) is 24.0. The average Bonchev–Trinajstić information content (AvgIpc) is 3.57. The van der Waals surface area contributed by atoms with Crippen LogP contribution in [0, 0.1) is 11.8 Å². The van der Waals surface area contributed by atoms with Crippen LogP contribution >= 0.6 is 0 Å². The van der Waals surface area contributed by atoms with Crippen molar-refractivity contribution < 1.29 is 19.2 Å². The number of morpholine rings is 1. The Morgan fingerprint density at radius 1 is 1.00 bits per heavy atom. The highest BCUT2D eigenvalue weighted by atomic mass is 16.5. The van der Waals surface area contributed by atoms with Gasteiger partial charge < -0.3 is 18.9 Å². The first kappa shape index (κ1) is 22.7. The molecule has 5 rings (SSSR count). The van der Waals surface area contributed by atoms with Crippen LogP contribution in [0.2, 0.25) is 0 Å². The molecule has 1 atom stereocenters. The summed E-state index contributed by atoms with van der Waals surface area (Å²) in [7, 11) is 0. The molecule has 176 valence electrons. The van der Waals surface area contributed by atoms with Crippen molar-refractivity contribution in [2.45, 2.75) is 19.1 Å². The van der Waals surface area contributed by atoms with Crippen molar-refractivity contribution >= 4 is 5.97 Å². The standard InChI is InChI=1S/C28H25N3O4/c32-28(33)26-20-34-16-15-31(26)18-23-7-5-21(6-8-23)3-4-22-9-11-24(12-10-22)27-17-25(29-35-27)19-30-13-1-2-14-30/h1-2,5-14,17,26H,15-16,18-20H2,(H,32,33). The van der Waals surface area contributed by atoms with Gasteiger partial charge in [0.15, 0.2) is 5.76 Å². The minimum absolute atomic E-state index is 0.225. The molecule has 7 nitrogen and oxygen atoms in total. The molecule has 0 aliphatic carbocycles. The number of hydrogen-bond donors (Lipinski definition) is 1. The van der Waals surface area contributed by atoms with E-state index in [0.29, 0.717) is 26.2 Å². The van der Waals surface area contributed by atoms with Gasteiger partial charge in [-0.1, -0.05) is 29.1 Å². The molecule has 1 saturated heterocycles. The molecule has 2 aromatic heterocycles. The Labute approximate surface area is 203 Å². The van der Waals surface area contributed by atoms with Gasteiger partial charge in [0.05, 0.1) is 19.8 Å². The second kappa shape index (κ2) is 10.4. The van der Waals surface area contributed by atoms with E-state index in [9.17, 15) is 9.90 Å². The third-order valence-electron chi connectivity index (χ3n) is 5.95. The van der Waals surface area contributed by atoms with Gasteiger partial charge in [-0.2, -0.15) is 0 Å². The molecule has 1 fully saturated rings. The lowest BCUT2D eigenvalue weighted by atomic mass is 10.1. The van der Waals surface area contributed by atoms with Gasteiger partial charge in [0, 0.05) is 48.2 Å². The maximum atomic E-state index is 11.4. The van der Waals surface area contributed by atoms with E-state index in [2.05, 4.69) is 17.0 Å². The average molecular weight is 468 g/mol. The highest BCUT2D eigenvalue weighted by Gasteiger charge is 2.28. The van der Waals surface area contributed by atoms with E-state index in [1.807, 2.05) is 88.6 Å². The molecule has 1 unspecified atom stereocenters. The summed E-state index contributed by atoms with van der Waals surface area (Å²) in [5.74, 6) is 6.26. The van der Waals surface area contributed by atoms with E-state index >= 15 is 0 Å². The van der Waals surface area contributed by atoms with Gasteiger partial charge in [0.2, 0.25) is 0 Å². The lowest BCUT2D eigenvalue weighted by Crippen LogP contribution is -2.49. The zero-order valence-electron chi connectivity index (χ0n) is 19.1. The summed E-state index contributed by atoms with van der Waals surface area (Å²) < 4.78 is 12.9. The quantitative estimate of drug-likeness (QED) is 0.434. The van der Waals surface area contributed by atoms with Crippen LogP contribution in [0.1, 0.15) is 22.4 Å². The summed E-state index contributed by atoms with van der Waals surface area (Å²) in [6.07, 6.45) is 3.99. The molecular weight excluding hydrogens is 442 g/mol. The lowest BCUT2D eigenvalue weighted by Gasteiger charge is -2.32. The zero-order valence-corrected chi connectivity index (χ0v) is 19.1. The first-order chi connectivity index (χ1) is 17.1. The number of rotatable bonds is 6. The summed E-state index contributed by atoms with van der Waals surface area (Å²) in [6, 6.07) is 21.1. The summed E-state index contributed by atoms with van der Waals surface area (Å²) in [5.41, 5.74) is 4.68. The second-order valence-electron chi connectivity index (χ2n) is 8.46. The highest BCUT2D eigenvalue weighted by Crippen LogP contribution is 2.21. The number of hydrogen-bond acceptors (Lipinski definition) is 5. The van der Waals surface area contributed by atoms with E-state index in [1.165, 1.54) is 0 Å². The largest absolute Gasteiger partial charge is 0.480 e. The van der Waals surface area contributed by atoms with Crippen LogP contribution in [-0.4, -0.2) is 51.5 Å². The molecule has 35 heavy (non-hydrogen) atoms. The molecule has 0 spiro atoms. The summed E-state index contributed by atoms with van der Waals surface area (Å²) in [6.45, 7) is 2.63. The molecule has 0 amide bonds. The van der Waals surface area contributed by atoms with Crippen molar-refractivity contribution in [2.75, 3.05) is 19.8 Å². The summed E-state index contributed by atoms with van der Waals surface area (Å²) >= 11 is 0. The van der Waals surface area contributed by atoms with Gasteiger partial charge in [-0.15, -0.1) is 0 Å². The Bertz CT molecular complexity index is 1330. The molecule has 0 bridgehead atoms. The van der Waals surface area contributed by atoms with E-state index in [4.69, 9.17) is 9.26 Å². The van der Waals surface area contributed by atoms with Gasteiger partial charge in [-0.25, -0.2) is 0 Å². The summed E-state index contributed by atoms with van der Waals surface area (Å²) in [5, 5.41) is 13.6. The molecule has 4 aromatic rings. The maximum Gasteiger partial charge on any atom is 0.323 e. The molecule has 3 heterocycles. The predicted octanol–water partition coefficient (Wildman–Crippen LogP) is 3.88.